The Bertz CT molecular complexity index is 568. The molecule has 1 saturated heterocycles. The van der Waals surface area contributed by atoms with Gasteiger partial charge in [0, 0.05) is 18.0 Å². The summed E-state index contributed by atoms with van der Waals surface area (Å²) >= 11 is 1.75. The Labute approximate surface area is 124 Å². The van der Waals surface area contributed by atoms with Gasteiger partial charge in [-0.2, -0.15) is 0 Å². The first-order chi connectivity index (χ1) is 9.59. The van der Waals surface area contributed by atoms with E-state index in [1.807, 2.05) is 0 Å². The van der Waals surface area contributed by atoms with Crippen molar-refractivity contribution < 1.29 is 8.42 Å². The maximum absolute atomic E-state index is 11.5. The SMILES string of the molecule is CCNC1CCCc2sc(N3CCS(=O)(=O)CC3)nc21. The van der Waals surface area contributed by atoms with E-state index in [9.17, 15) is 8.42 Å². The average Bonchev–Trinajstić information content (AvgIpc) is 2.84. The van der Waals surface area contributed by atoms with Gasteiger partial charge in [0.1, 0.15) is 0 Å². The third-order valence-corrected chi connectivity index (χ3v) is 6.81. The summed E-state index contributed by atoms with van der Waals surface area (Å²) in [4.78, 5) is 8.32. The van der Waals surface area contributed by atoms with Crippen molar-refractivity contribution in [1.82, 2.24) is 10.3 Å². The Balaban J connectivity index is 1.79. The molecule has 1 aliphatic heterocycles. The number of rotatable bonds is 3. The molecule has 0 aromatic carbocycles. The number of hydrogen-bond acceptors (Lipinski definition) is 6. The number of aromatic nitrogens is 1. The quantitative estimate of drug-likeness (QED) is 0.913. The molecular formula is C13H21N3O2S2. The van der Waals surface area contributed by atoms with E-state index in [-0.39, 0.29) is 11.5 Å². The first-order valence-corrected chi connectivity index (χ1v) is 9.91. The molecule has 1 aromatic heterocycles. The Morgan fingerprint density at radius 2 is 2.15 bits per heavy atom. The number of aryl methyl sites for hydroxylation is 1. The van der Waals surface area contributed by atoms with E-state index in [4.69, 9.17) is 4.98 Å². The predicted octanol–water partition coefficient (Wildman–Crippen LogP) is 1.36. The van der Waals surface area contributed by atoms with Crippen molar-refractivity contribution in [3.63, 3.8) is 0 Å². The van der Waals surface area contributed by atoms with Crippen molar-refractivity contribution >= 4 is 26.3 Å². The van der Waals surface area contributed by atoms with Crippen molar-refractivity contribution in [2.24, 2.45) is 0 Å². The highest BCUT2D eigenvalue weighted by molar-refractivity contribution is 7.91. The molecule has 0 amide bonds. The van der Waals surface area contributed by atoms with Gasteiger partial charge in [-0.3, -0.25) is 0 Å². The van der Waals surface area contributed by atoms with Gasteiger partial charge in [0.2, 0.25) is 0 Å². The summed E-state index contributed by atoms with van der Waals surface area (Å²) in [7, 11) is -2.82. The summed E-state index contributed by atoms with van der Waals surface area (Å²) in [5.74, 6) is 0.516. The van der Waals surface area contributed by atoms with Crippen molar-refractivity contribution in [2.45, 2.75) is 32.2 Å². The molecule has 1 aromatic rings. The summed E-state index contributed by atoms with van der Waals surface area (Å²) in [5.41, 5.74) is 1.20. The summed E-state index contributed by atoms with van der Waals surface area (Å²) < 4.78 is 23.0. The minimum atomic E-state index is -2.82. The third kappa shape index (κ3) is 2.84. The molecule has 112 valence electrons. The van der Waals surface area contributed by atoms with Crippen molar-refractivity contribution in [1.29, 1.82) is 0 Å². The Morgan fingerprint density at radius 1 is 1.40 bits per heavy atom. The fourth-order valence-corrected chi connectivity index (χ4v) is 5.31. The summed E-state index contributed by atoms with van der Waals surface area (Å²) in [6.45, 7) is 4.25. The predicted molar refractivity (Wildman–Crippen MR) is 82.3 cm³/mol. The Morgan fingerprint density at radius 3 is 2.85 bits per heavy atom. The van der Waals surface area contributed by atoms with Crippen LogP contribution in [0.1, 0.15) is 36.4 Å². The van der Waals surface area contributed by atoms with Gasteiger partial charge in [-0.1, -0.05) is 6.92 Å². The second-order valence-corrected chi connectivity index (χ2v) is 8.81. The number of nitrogens with one attached hydrogen (secondary N) is 1. The summed E-state index contributed by atoms with van der Waals surface area (Å²) in [5, 5.41) is 4.51. The second kappa shape index (κ2) is 5.61. The van der Waals surface area contributed by atoms with Crippen LogP contribution in [-0.4, -0.2) is 44.5 Å². The van der Waals surface area contributed by atoms with Crippen molar-refractivity contribution in [3.05, 3.63) is 10.6 Å². The van der Waals surface area contributed by atoms with E-state index in [0.29, 0.717) is 19.1 Å². The first-order valence-electron chi connectivity index (χ1n) is 7.27. The van der Waals surface area contributed by atoms with Crippen LogP contribution in [0.15, 0.2) is 0 Å². The van der Waals surface area contributed by atoms with Gasteiger partial charge < -0.3 is 10.2 Å². The maximum atomic E-state index is 11.5. The monoisotopic (exact) mass is 315 g/mol. The van der Waals surface area contributed by atoms with Crippen LogP contribution in [0.2, 0.25) is 0 Å². The molecule has 1 fully saturated rings. The number of hydrogen-bond donors (Lipinski definition) is 1. The zero-order valence-corrected chi connectivity index (χ0v) is 13.4. The molecule has 2 aliphatic rings. The van der Waals surface area contributed by atoms with Crippen LogP contribution in [0.25, 0.3) is 0 Å². The van der Waals surface area contributed by atoms with Gasteiger partial charge in [-0.05, 0) is 25.8 Å². The average molecular weight is 315 g/mol. The minimum Gasteiger partial charge on any atom is -0.346 e. The minimum absolute atomic E-state index is 0.258. The van der Waals surface area contributed by atoms with Crippen LogP contribution in [-0.2, 0) is 16.3 Å². The molecule has 1 unspecified atom stereocenters. The number of anilines is 1. The van der Waals surface area contributed by atoms with Crippen LogP contribution >= 0.6 is 11.3 Å². The van der Waals surface area contributed by atoms with Crippen LogP contribution < -0.4 is 10.2 Å². The van der Waals surface area contributed by atoms with Gasteiger partial charge in [-0.25, -0.2) is 13.4 Å². The Hall–Kier alpha value is -0.660. The highest BCUT2D eigenvalue weighted by Gasteiger charge is 2.28. The molecule has 0 saturated carbocycles. The number of thiazole rings is 1. The van der Waals surface area contributed by atoms with Crippen LogP contribution in [0.3, 0.4) is 0 Å². The lowest BCUT2D eigenvalue weighted by Crippen LogP contribution is -2.40. The van der Waals surface area contributed by atoms with E-state index in [2.05, 4.69) is 17.1 Å². The smallest absolute Gasteiger partial charge is 0.185 e. The van der Waals surface area contributed by atoms with Gasteiger partial charge in [0.15, 0.2) is 15.0 Å². The number of fused-ring (bicyclic) bond motifs is 1. The molecule has 20 heavy (non-hydrogen) atoms. The van der Waals surface area contributed by atoms with Gasteiger partial charge in [0.05, 0.1) is 23.2 Å². The molecule has 5 nitrogen and oxygen atoms in total. The molecule has 1 aliphatic carbocycles. The fourth-order valence-electron chi connectivity index (χ4n) is 2.89. The van der Waals surface area contributed by atoms with Gasteiger partial charge in [-0.15, -0.1) is 11.3 Å². The van der Waals surface area contributed by atoms with Gasteiger partial charge in [0.25, 0.3) is 0 Å². The zero-order chi connectivity index (χ0) is 14.2. The first kappa shape index (κ1) is 14.3. The summed E-state index contributed by atoms with van der Waals surface area (Å²) in [6.07, 6.45) is 3.47. The molecular weight excluding hydrogens is 294 g/mol. The van der Waals surface area contributed by atoms with Crippen LogP contribution in [0, 0.1) is 0 Å². The lowest BCUT2D eigenvalue weighted by molar-refractivity contribution is 0.465. The maximum Gasteiger partial charge on any atom is 0.185 e. The van der Waals surface area contributed by atoms with E-state index in [1.165, 1.54) is 17.0 Å². The van der Waals surface area contributed by atoms with Crippen molar-refractivity contribution in [2.75, 3.05) is 36.0 Å². The Kier molecular flexibility index (Phi) is 4.01. The van der Waals surface area contributed by atoms with E-state index < -0.39 is 9.84 Å². The van der Waals surface area contributed by atoms with Crippen LogP contribution in [0.4, 0.5) is 5.13 Å². The summed E-state index contributed by atoms with van der Waals surface area (Å²) in [6, 6.07) is 0.377. The second-order valence-electron chi connectivity index (χ2n) is 5.45. The zero-order valence-electron chi connectivity index (χ0n) is 11.8. The number of nitrogens with zero attached hydrogens (tertiary/aromatic N) is 2. The molecule has 0 spiro atoms. The standard InChI is InChI=1S/C13H21N3O2S2/c1-2-14-10-4-3-5-11-12(10)15-13(19-11)16-6-8-20(17,18)9-7-16/h10,14H,2-9H2,1H3. The number of sulfone groups is 1. The van der Waals surface area contributed by atoms with E-state index in [0.717, 1.165) is 24.5 Å². The topological polar surface area (TPSA) is 62.3 Å². The van der Waals surface area contributed by atoms with Crippen molar-refractivity contribution in [3.8, 4) is 0 Å². The highest BCUT2D eigenvalue weighted by atomic mass is 32.2. The molecule has 2 heterocycles. The highest BCUT2D eigenvalue weighted by Crippen LogP contribution is 2.37. The fraction of sp³-hybridized carbons (Fsp3) is 0.769. The molecule has 0 bridgehead atoms. The third-order valence-electron chi connectivity index (χ3n) is 4.01. The lowest BCUT2D eigenvalue weighted by Gasteiger charge is -2.26. The van der Waals surface area contributed by atoms with E-state index in [1.54, 1.807) is 11.3 Å². The van der Waals surface area contributed by atoms with Gasteiger partial charge >= 0.3 is 0 Å². The molecule has 1 atom stereocenters. The van der Waals surface area contributed by atoms with Crippen LogP contribution in [0.5, 0.6) is 0 Å². The molecule has 0 radical (unpaired) electrons. The molecule has 1 N–H and O–H groups in total. The normalized spacial score (nSPS) is 25.4. The van der Waals surface area contributed by atoms with E-state index >= 15 is 0 Å². The largest absolute Gasteiger partial charge is 0.346 e. The molecule has 3 rings (SSSR count). The molecule has 7 heteroatoms. The lowest BCUT2D eigenvalue weighted by atomic mass is 9.98.